The van der Waals surface area contributed by atoms with E-state index in [1.807, 2.05) is 0 Å². The van der Waals surface area contributed by atoms with Crippen molar-refractivity contribution in [3.63, 3.8) is 0 Å². The van der Waals surface area contributed by atoms with E-state index in [2.05, 4.69) is 10.6 Å². The molecule has 0 aliphatic heterocycles. The van der Waals surface area contributed by atoms with Gasteiger partial charge in [-0.25, -0.2) is 35.2 Å². The summed E-state index contributed by atoms with van der Waals surface area (Å²) in [5, 5.41) is 4.27. The van der Waals surface area contributed by atoms with Gasteiger partial charge in [0.15, 0.2) is 28.2 Å². The highest BCUT2D eigenvalue weighted by Gasteiger charge is 2.33. The lowest BCUT2D eigenvalue weighted by atomic mass is 10.2. The molecule has 31 heavy (non-hydrogen) atoms. The maximum Gasteiger partial charge on any atom is 0.319 e. The maximum atomic E-state index is 13.9. The third-order valence-corrected chi connectivity index (χ3v) is 4.96. The first kappa shape index (κ1) is 23.7. The summed E-state index contributed by atoms with van der Waals surface area (Å²) in [6, 6.07) is 2.12. The van der Waals surface area contributed by atoms with Gasteiger partial charge in [-0.15, -0.1) is 0 Å². The molecule has 0 unspecified atom stereocenters. The van der Waals surface area contributed by atoms with Gasteiger partial charge in [0.25, 0.3) is 10.0 Å². The Morgan fingerprint density at radius 3 is 2.06 bits per heavy atom. The molecular weight excluding hydrogens is 455 g/mol. The maximum absolute atomic E-state index is 13.9. The number of hydrogen-bond donors (Lipinski definition) is 4. The number of benzene rings is 2. The van der Waals surface area contributed by atoms with Crippen molar-refractivity contribution in [3.8, 4) is 5.75 Å². The monoisotopic (exact) mass is 468 g/mol. The van der Waals surface area contributed by atoms with Crippen molar-refractivity contribution >= 4 is 33.3 Å². The number of rotatable bonds is 7. The average molecular weight is 468 g/mol. The zero-order chi connectivity index (χ0) is 23.5. The molecule has 3 amide bonds. The van der Waals surface area contributed by atoms with Gasteiger partial charge in [0.05, 0.1) is 25.0 Å². The second-order valence-electron chi connectivity index (χ2n) is 5.69. The number of nitrogens with two attached hydrogens (primary N) is 1. The Kier molecular flexibility index (Phi) is 6.89. The first-order valence-corrected chi connectivity index (χ1v) is 9.42. The van der Waals surface area contributed by atoms with Crippen LogP contribution in [0.4, 0.5) is 38.1 Å². The highest BCUT2D eigenvalue weighted by Crippen LogP contribution is 2.31. The number of halogens is 5. The van der Waals surface area contributed by atoms with Crippen LogP contribution in [0.25, 0.3) is 0 Å². The Morgan fingerprint density at radius 1 is 1.00 bits per heavy atom. The second-order valence-corrected chi connectivity index (χ2v) is 7.31. The third-order valence-electron chi connectivity index (χ3n) is 3.56. The Hall–Kier alpha value is -3.62. The largest absolute Gasteiger partial charge is 0.495 e. The van der Waals surface area contributed by atoms with E-state index in [9.17, 15) is 40.0 Å². The molecule has 0 atom stereocenters. The molecule has 0 fully saturated rings. The van der Waals surface area contributed by atoms with Crippen LogP contribution in [0.5, 0.6) is 5.75 Å². The summed E-state index contributed by atoms with van der Waals surface area (Å²) in [5.74, 6) is -13.4. The molecule has 2 aromatic carbocycles. The number of urea groups is 1. The highest BCUT2D eigenvalue weighted by atomic mass is 32.2. The van der Waals surface area contributed by atoms with Crippen molar-refractivity contribution in [1.82, 2.24) is 5.32 Å². The molecule has 0 bridgehead atoms. The van der Waals surface area contributed by atoms with Gasteiger partial charge in [-0.3, -0.25) is 9.52 Å². The van der Waals surface area contributed by atoms with E-state index < -0.39 is 68.2 Å². The Balaban J connectivity index is 2.41. The van der Waals surface area contributed by atoms with Crippen molar-refractivity contribution in [2.75, 3.05) is 23.7 Å². The molecule has 0 heterocycles. The van der Waals surface area contributed by atoms with E-state index in [4.69, 9.17) is 10.5 Å². The molecule has 0 aromatic heterocycles. The highest BCUT2D eigenvalue weighted by molar-refractivity contribution is 7.92. The van der Waals surface area contributed by atoms with E-state index >= 15 is 0 Å². The zero-order valence-electron chi connectivity index (χ0n) is 15.4. The Bertz CT molecular complexity index is 1130. The molecular formula is C16H13F5N4O5S. The van der Waals surface area contributed by atoms with Gasteiger partial charge in [-0.1, -0.05) is 0 Å². The van der Waals surface area contributed by atoms with Crippen LogP contribution in [-0.2, 0) is 14.8 Å². The van der Waals surface area contributed by atoms with Crippen LogP contribution in [-0.4, -0.2) is 34.0 Å². The molecule has 0 aliphatic rings. The first-order valence-electron chi connectivity index (χ1n) is 7.94. The number of carbonyl (C=O) groups is 2. The van der Waals surface area contributed by atoms with Crippen molar-refractivity contribution < 1.29 is 44.7 Å². The van der Waals surface area contributed by atoms with Gasteiger partial charge in [-0.05, 0) is 18.2 Å². The van der Waals surface area contributed by atoms with Crippen LogP contribution in [0.2, 0.25) is 0 Å². The van der Waals surface area contributed by atoms with Crippen LogP contribution in [0, 0.1) is 29.1 Å². The van der Waals surface area contributed by atoms with Crippen LogP contribution >= 0.6 is 0 Å². The number of ether oxygens (including phenoxy) is 1. The van der Waals surface area contributed by atoms with Gasteiger partial charge >= 0.3 is 6.03 Å². The summed E-state index contributed by atoms with van der Waals surface area (Å²) < 4.78 is 98.8. The SMILES string of the molecule is COc1ccc(NS(=O)(=O)c2c(F)c(F)c(F)c(F)c2F)cc1NC(=O)NCC(N)=O. The third kappa shape index (κ3) is 5.11. The fourth-order valence-electron chi connectivity index (χ4n) is 2.23. The molecule has 15 heteroatoms. The first-order chi connectivity index (χ1) is 14.4. The van der Waals surface area contributed by atoms with E-state index in [0.717, 1.165) is 18.2 Å². The van der Waals surface area contributed by atoms with Gasteiger partial charge in [0, 0.05) is 0 Å². The second kappa shape index (κ2) is 9.03. The number of methoxy groups -OCH3 is 1. The molecule has 0 saturated carbocycles. The summed E-state index contributed by atoms with van der Waals surface area (Å²) in [6.07, 6.45) is 0. The van der Waals surface area contributed by atoms with Crippen LogP contribution in [0.1, 0.15) is 0 Å². The van der Waals surface area contributed by atoms with Crippen molar-refractivity contribution in [2.24, 2.45) is 5.73 Å². The number of primary amides is 1. The number of anilines is 2. The van der Waals surface area contributed by atoms with Crippen LogP contribution < -0.4 is 25.8 Å². The molecule has 168 valence electrons. The smallest absolute Gasteiger partial charge is 0.319 e. The summed E-state index contributed by atoms with van der Waals surface area (Å²) in [7, 11) is -4.10. The summed E-state index contributed by atoms with van der Waals surface area (Å²) in [6.45, 7) is -0.527. The van der Waals surface area contributed by atoms with Gasteiger partial charge in [0.2, 0.25) is 11.7 Å². The van der Waals surface area contributed by atoms with E-state index in [1.54, 1.807) is 4.72 Å². The number of nitrogens with one attached hydrogen (secondary N) is 3. The summed E-state index contributed by atoms with van der Waals surface area (Å²) in [5.41, 5.74) is 4.26. The van der Waals surface area contributed by atoms with E-state index in [-0.39, 0.29) is 11.4 Å². The van der Waals surface area contributed by atoms with Crippen LogP contribution in [0.15, 0.2) is 23.1 Å². The Labute approximate surface area is 171 Å². The normalized spacial score (nSPS) is 11.0. The number of carbonyl (C=O) groups excluding carboxylic acids is 2. The molecule has 0 radical (unpaired) electrons. The lowest BCUT2D eigenvalue weighted by Gasteiger charge is -2.14. The minimum Gasteiger partial charge on any atom is -0.495 e. The summed E-state index contributed by atoms with van der Waals surface area (Å²) in [4.78, 5) is 20.4. The molecule has 2 rings (SSSR count). The quantitative estimate of drug-likeness (QED) is 0.279. The lowest BCUT2D eigenvalue weighted by molar-refractivity contribution is -0.117. The predicted octanol–water partition coefficient (Wildman–Crippen LogP) is 1.80. The lowest BCUT2D eigenvalue weighted by Crippen LogP contribution is -2.36. The molecule has 2 aromatic rings. The minimum atomic E-state index is -5.30. The molecule has 0 spiro atoms. The molecule has 0 saturated heterocycles. The molecule has 9 nitrogen and oxygen atoms in total. The van der Waals surface area contributed by atoms with Crippen LogP contribution in [0.3, 0.4) is 0 Å². The van der Waals surface area contributed by atoms with Crippen molar-refractivity contribution in [1.29, 1.82) is 0 Å². The van der Waals surface area contributed by atoms with E-state index in [1.165, 1.54) is 7.11 Å². The van der Waals surface area contributed by atoms with Gasteiger partial charge in [0.1, 0.15) is 5.75 Å². The fraction of sp³-hybridized carbons (Fsp3) is 0.125. The minimum absolute atomic E-state index is 0.00611. The zero-order valence-corrected chi connectivity index (χ0v) is 16.2. The molecule has 5 N–H and O–H groups in total. The number of amides is 3. The standard InChI is InChI=1S/C16H13F5N4O5S/c1-30-8-3-2-6(4-7(8)24-16(27)23-5-9(22)26)25-31(28,29)15-13(20)11(18)10(17)12(19)14(15)21/h2-4,25H,5H2,1H3,(H2,22,26)(H2,23,24,27). The Morgan fingerprint density at radius 2 is 1.55 bits per heavy atom. The number of sulfonamides is 1. The summed E-state index contributed by atoms with van der Waals surface area (Å²) >= 11 is 0. The van der Waals surface area contributed by atoms with Gasteiger partial charge < -0.3 is 21.1 Å². The fourth-order valence-corrected chi connectivity index (χ4v) is 3.42. The predicted molar refractivity (Wildman–Crippen MR) is 96.3 cm³/mol. The topological polar surface area (TPSA) is 140 Å². The van der Waals surface area contributed by atoms with Crippen molar-refractivity contribution in [3.05, 3.63) is 47.3 Å². The molecule has 0 aliphatic carbocycles. The van der Waals surface area contributed by atoms with Gasteiger partial charge in [-0.2, -0.15) is 0 Å². The van der Waals surface area contributed by atoms with Crippen molar-refractivity contribution in [2.45, 2.75) is 4.90 Å². The van der Waals surface area contributed by atoms with E-state index in [0.29, 0.717) is 0 Å². The average Bonchev–Trinajstić information content (AvgIpc) is 2.69. The number of hydrogen-bond acceptors (Lipinski definition) is 5.